The van der Waals surface area contributed by atoms with Crippen LogP contribution < -0.4 is 16.8 Å². The lowest BCUT2D eigenvalue weighted by Gasteiger charge is -2.61. The predicted octanol–water partition coefficient (Wildman–Crippen LogP) is 7.57. The van der Waals surface area contributed by atoms with Crippen molar-refractivity contribution in [3.63, 3.8) is 0 Å². The molecule has 5 atom stereocenters. The molecule has 0 spiro atoms. The van der Waals surface area contributed by atoms with E-state index in [0.717, 1.165) is 48.1 Å². The van der Waals surface area contributed by atoms with Gasteiger partial charge in [0.1, 0.15) is 5.54 Å². The number of likely N-dealkylation sites (tertiary alicyclic amines) is 1. The van der Waals surface area contributed by atoms with Gasteiger partial charge < -0.3 is 16.4 Å². The molecule has 1 aliphatic heterocycles. The Balaban J connectivity index is 1.76. The van der Waals surface area contributed by atoms with Crippen LogP contribution >= 0.6 is 23.2 Å². The third-order valence-corrected chi connectivity index (χ3v) is 10.9. The fraction of sp³-hybridized carbons (Fsp3) is 0.571. The van der Waals surface area contributed by atoms with E-state index in [1.165, 1.54) is 6.42 Å². The van der Waals surface area contributed by atoms with E-state index in [-0.39, 0.29) is 23.3 Å². The van der Waals surface area contributed by atoms with Crippen LogP contribution in [0.4, 0.5) is 0 Å². The van der Waals surface area contributed by atoms with Crippen molar-refractivity contribution in [1.82, 2.24) is 10.2 Å². The third kappa shape index (κ3) is 4.94. The van der Waals surface area contributed by atoms with Gasteiger partial charge in [0.05, 0.1) is 17.1 Å². The van der Waals surface area contributed by atoms with Gasteiger partial charge in [0.25, 0.3) is 0 Å². The Bertz CT molecular complexity index is 1350. The van der Waals surface area contributed by atoms with Gasteiger partial charge in [-0.1, -0.05) is 94.1 Å². The summed E-state index contributed by atoms with van der Waals surface area (Å²) in [4.78, 5) is 16.9. The Labute approximate surface area is 262 Å². The summed E-state index contributed by atoms with van der Waals surface area (Å²) in [7, 11) is 0. The SMILES string of the molecule is C=C(CC(C)(C)C)N1C(=O)C2(NC3CCCCC3)CCC(c3ccc(C)cc3Cl)C(N)(c3ccc(Cl)cc3)C2(N)C1C. The van der Waals surface area contributed by atoms with Gasteiger partial charge in [0, 0.05) is 27.7 Å². The van der Waals surface area contributed by atoms with E-state index in [0.29, 0.717) is 29.3 Å². The number of rotatable bonds is 6. The molecule has 5 nitrogen and oxygen atoms in total. The second kappa shape index (κ2) is 11.2. The fourth-order valence-electron chi connectivity index (χ4n) is 8.45. The highest BCUT2D eigenvalue weighted by Gasteiger charge is 2.76. The normalized spacial score (nSPS) is 32.2. The first-order chi connectivity index (χ1) is 19.7. The molecular weight excluding hydrogens is 563 g/mol. The Morgan fingerprint density at radius 1 is 1.05 bits per heavy atom. The maximum atomic E-state index is 15.0. The molecule has 2 saturated carbocycles. The minimum absolute atomic E-state index is 0.00503. The lowest BCUT2D eigenvalue weighted by molar-refractivity contribution is -0.135. The summed E-state index contributed by atoms with van der Waals surface area (Å²) in [6.07, 6.45) is 7.43. The monoisotopic (exact) mass is 610 g/mol. The Morgan fingerprint density at radius 2 is 1.69 bits per heavy atom. The van der Waals surface area contributed by atoms with Gasteiger partial charge >= 0.3 is 0 Å². The number of nitrogens with two attached hydrogens (primary N) is 2. The van der Waals surface area contributed by atoms with Crippen molar-refractivity contribution < 1.29 is 4.79 Å². The number of nitrogens with one attached hydrogen (secondary N) is 1. The van der Waals surface area contributed by atoms with Crippen LogP contribution in [0.1, 0.15) is 102 Å². The van der Waals surface area contributed by atoms with E-state index in [1.54, 1.807) is 0 Å². The first-order valence-electron chi connectivity index (χ1n) is 15.5. The van der Waals surface area contributed by atoms with Gasteiger partial charge in [-0.2, -0.15) is 0 Å². The van der Waals surface area contributed by atoms with Crippen molar-refractivity contribution in [2.75, 3.05) is 0 Å². The van der Waals surface area contributed by atoms with E-state index in [1.807, 2.05) is 42.2 Å². The largest absolute Gasteiger partial charge is 0.320 e. The summed E-state index contributed by atoms with van der Waals surface area (Å²) < 4.78 is 0. The zero-order valence-electron chi connectivity index (χ0n) is 25.9. The van der Waals surface area contributed by atoms with Gasteiger partial charge in [0.2, 0.25) is 5.91 Å². The van der Waals surface area contributed by atoms with E-state index in [2.05, 4.69) is 51.7 Å². The van der Waals surface area contributed by atoms with Gasteiger partial charge in [-0.15, -0.1) is 0 Å². The van der Waals surface area contributed by atoms with Crippen LogP contribution in [0.25, 0.3) is 0 Å². The number of hydrogen-bond acceptors (Lipinski definition) is 4. The fourth-order valence-corrected chi connectivity index (χ4v) is 8.95. The molecule has 0 bridgehead atoms. The highest BCUT2D eigenvalue weighted by molar-refractivity contribution is 6.31. The quantitative estimate of drug-likeness (QED) is 0.315. The molecule has 228 valence electrons. The third-order valence-electron chi connectivity index (χ3n) is 10.4. The smallest absolute Gasteiger partial charge is 0.249 e. The number of aryl methyl sites for hydroxylation is 1. The molecule has 3 fully saturated rings. The van der Waals surface area contributed by atoms with Crippen LogP contribution in [0.15, 0.2) is 54.7 Å². The summed E-state index contributed by atoms with van der Waals surface area (Å²) >= 11 is 13.4. The summed E-state index contributed by atoms with van der Waals surface area (Å²) in [6, 6.07) is 13.6. The van der Waals surface area contributed by atoms with Crippen LogP contribution in [0.2, 0.25) is 10.0 Å². The average Bonchev–Trinajstić information content (AvgIpc) is 3.08. The molecule has 2 aliphatic carbocycles. The second-order valence-electron chi connectivity index (χ2n) is 14.4. The Morgan fingerprint density at radius 3 is 2.29 bits per heavy atom. The molecule has 1 heterocycles. The van der Waals surface area contributed by atoms with E-state index in [9.17, 15) is 0 Å². The number of halogens is 2. The van der Waals surface area contributed by atoms with Crippen molar-refractivity contribution in [3.8, 4) is 0 Å². The number of amides is 1. The van der Waals surface area contributed by atoms with E-state index in [4.69, 9.17) is 34.7 Å². The summed E-state index contributed by atoms with van der Waals surface area (Å²) in [5.74, 6) is -0.237. The molecule has 5 unspecified atom stereocenters. The van der Waals surface area contributed by atoms with Crippen molar-refractivity contribution in [2.45, 2.75) is 121 Å². The van der Waals surface area contributed by atoms with Crippen molar-refractivity contribution >= 4 is 29.1 Å². The maximum Gasteiger partial charge on any atom is 0.249 e. The number of fused-ring (bicyclic) bond motifs is 1. The molecule has 2 aromatic rings. The van der Waals surface area contributed by atoms with E-state index < -0.39 is 22.7 Å². The minimum atomic E-state index is -1.21. The molecule has 0 radical (unpaired) electrons. The molecular formula is C35H48Cl2N4O. The molecule has 3 aliphatic rings. The van der Waals surface area contributed by atoms with Crippen LogP contribution in [-0.2, 0) is 10.3 Å². The molecule has 5 N–H and O–H groups in total. The minimum Gasteiger partial charge on any atom is -0.320 e. The zero-order valence-corrected chi connectivity index (χ0v) is 27.4. The van der Waals surface area contributed by atoms with E-state index >= 15 is 4.79 Å². The molecule has 7 heteroatoms. The second-order valence-corrected chi connectivity index (χ2v) is 15.2. The number of allylic oxidation sites excluding steroid dienone is 1. The zero-order chi connectivity index (χ0) is 30.7. The predicted molar refractivity (Wildman–Crippen MR) is 175 cm³/mol. The number of hydrogen-bond donors (Lipinski definition) is 3. The standard InChI is InChI=1S/C35H48Cl2N4O/c1-22-12-17-28(30(37)20-22)29-18-19-33(40-27-10-8-7-9-11-27)31(42)41(23(2)21-32(4,5)6)24(3)35(33,39)34(29,38)25-13-15-26(36)16-14-25/h12-17,20,24,27,29,40H,2,7-11,18-19,21,38-39H2,1,3-6H3. The molecule has 0 aromatic heterocycles. The van der Waals surface area contributed by atoms with Gasteiger partial charge in [0.15, 0.2) is 0 Å². The Hall–Kier alpha value is -1.89. The van der Waals surface area contributed by atoms with Crippen molar-refractivity contribution in [3.05, 3.63) is 81.5 Å². The molecule has 2 aromatic carbocycles. The highest BCUT2D eigenvalue weighted by Crippen LogP contribution is 2.60. The van der Waals surface area contributed by atoms with Crippen LogP contribution in [0, 0.1) is 12.3 Å². The van der Waals surface area contributed by atoms with Crippen molar-refractivity contribution in [1.29, 1.82) is 0 Å². The maximum absolute atomic E-state index is 15.0. The number of benzene rings is 2. The number of carbonyl (C=O) groups is 1. The van der Waals surface area contributed by atoms with Crippen LogP contribution in [0.3, 0.4) is 0 Å². The summed E-state index contributed by atoms with van der Waals surface area (Å²) in [5, 5.41) is 5.23. The lowest BCUT2D eigenvalue weighted by Crippen LogP contribution is -2.84. The molecule has 1 saturated heterocycles. The Kier molecular flexibility index (Phi) is 8.43. The van der Waals surface area contributed by atoms with Crippen LogP contribution in [0.5, 0.6) is 0 Å². The number of carbonyl (C=O) groups excluding carboxylic acids is 1. The first kappa shape index (κ1) is 31.5. The molecule has 42 heavy (non-hydrogen) atoms. The summed E-state index contributed by atoms with van der Waals surface area (Å²) in [5.41, 5.74) is 16.0. The average molecular weight is 612 g/mol. The lowest BCUT2D eigenvalue weighted by atomic mass is 9.49. The highest BCUT2D eigenvalue weighted by atomic mass is 35.5. The van der Waals surface area contributed by atoms with Crippen LogP contribution in [-0.4, -0.2) is 34.0 Å². The summed E-state index contributed by atoms with van der Waals surface area (Å²) in [6.45, 7) is 15.1. The molecule has 1 amide bonds. The van der Waals surface area contributed by atoms with Gasteiger partial charge in [-0.05, 0) is 86.3 Å². The number of nitrogens with zero attached hydrogens (tertiary/aromatic N) is 1. The molecule has 5 rings (SSSR count). The van der Waals surface area contributed by atoms with Gasteiger partial charge in [-0.3, -0.25) is 10.1 Å². The van der Waals surface area contributed by atoms with Gasteiger partial charge in [-0.25, -0.2) is 0 Å². The van der Waals surface area contributed by atoms with Crippen molar-refractivity contribution in [2.24, 2.45) is 16.9 Å². The topological polar surface area (TPSA) is 84.4 Å². The first-order valence-corrected chi connectivity index (χ1v) is 16.3.